The van der Waals surface area contributed by atoms with Gasteiger partial charge in [-0.3, -0.25) is 0 Å². The van der Waals surface area contributed by atoms with Crippen molar-refractivity contribution in [3.05, 3.63) is 11.7 Å². The Kier molecular flexibility index (Phi) is 4.06. The first kappa shape index (κ1) is 10.6. The van der Waals surface area contributed by atoms with Gasteiger partial charge in [-0.2, -0.15) is 4.98 Å². The molecular formula is C8H12N2O4. The number of hydrogen-bond donors (Lipinski definition) is 0. The molecule has 1 heterocycles. The number of rotatable bonds is 5. The van der Waals surface area contributed by atoms with E-state index in [-0.39, 0.29) is 12.5 Å². The van der Waals surface area contributed by atoms with E-state index in [9.17, 15) is 4.79 Å². The van der Waals surface area contributed by atoms with Crippen LogP contribution < -0.4 is 0 Å². The van der Waals surface area contributed by atoms with E-state index in [4.69, 9.17) is 4.74 Å². The van der Waals surface area contributed by atoms with Gasteiger partial charge in [0.15, 0.2) is 5.82 Å². The first-order chi connectivity index (χ1) is 6.77. The van der Waals surface area contributed by atoms with Crippen molar-refractivity contribution in [3.63, 3.8) is 0 Å². The Bertz CT molecular complexity index is 297. The Labute approximate surface area is 81.2 Å². The lowest BCUT2D eigenvalue weighted by molar-refractivity contribution is 0.0470. The molecule has 78 valence electrons. The molecule has 1 aromatic heterocycles. The zero-order chi connectivity index (χ0) is 10.4. The van der Waals surface area contributed by atoms with E-state index in [1.165, 1.54) is 0 Å². The molecule has 0 aliphatic rings. The van der Waals surface area contributed by atoms with E-state index in [1.54, 1.807) is 14.0 Å². The second kappa shape index (κ2) is 5.33. The van der Waals surface area contributed by atoms with Crippen LogP contribution in [0.25, 0.3) is 0 Å². The number of ether oxygens (including phenoxy) is 2. The Morgan fingerprint density at radius 1 is 1.57 bits per heavy atom. The third kappa shape index (κ3) is 2.81. The van der Waals surface area contributed by atoms with Crippen LogP contribution in [0.2, 0.25) is 0 Å². The number of esters is 1. The van der Waals surface area contributed by atoms with Crippen LogP contribution in [0.1, 0.15) is 23.4 Å². The molecule has 0 atom stereocenters. The molecule has 0 saturated heterocycles. The minimum absolute atomic E-state index is 0.113. The zero-order valence-corrected chi connectivity index (χ0v) is 8.15. The average Bonchev–Trinajstić information content (AvgIpc) is 2.63. The molecular weight excluding hydrogens is 188 g/mol. The quantitative estimate of drug-likeness (QED) is 0.642. The Morgan fingerprint density at radius 2 is 2.36 bits per heavy atom. The summed E-state index contributed by atoms with van der Waals surface area (Å²) in [6, 6.07) is 0. The van der Waals surface area contributed by atoms with Gasteiger partial charge in [-0.25, -0.2) is 4.79 Å². The third-order valence-electron chi connectivity index (χ3n) is 1.45. The molecule has 6 nitrogen and oxygen atoms in total. The summed E-state index contributed by atoms with van der Waals surface area (Å²) in [6.45, 7) is 2.48. The summed E-state index contributed by atoms with van der Waals surface area (Å²) in [4.78, 5) is 14.9. The van der Waals surface area contributed by atoms with Gasteiger partial charge in [0.25, 0.3) is 0 Å². The molecule has 0 aliphatic heterocycles. The Balaban J connectivity index is 2.54. The standard InChI is InChI=1S/C8H12N2O4/c1-3-13-8(11)7-9-6(10-14-7)4-5-12-2/h3-5H2,1-2H3. The van der Waals surface area contributed by atoms with Crippen molar-refractivity contribution >= 4 is 5.97 Å². The van der Waals surface area contributed by atoms with Gasteiger partial charge in [0, 0.05) is 13.5 Å². The third-order valence-corrected chi connectivity index (χ3v) is 1.45. The van der Waals surface area contributed by atoms with Crippen LogP contribution in [0.3, 0.4) is 0 Å². The number of carbonyl (C=O) groups is 1. The number of nitrogens with zero attached hydrogens (tertiary/aromatic N) is 2. The van der Waals surface area contributed by atoms with Gasteiger partial charge in [-0.1, -0.05) is 5.16 Å². The van der Waals surface area contributed by atoms with E-state index in [0.717, 1.165) is 0 Å². The molecule has 0 aromatic carbocycles. The number of carbonyl (C=O) groups excluding carboxylic acids is 1. The molecule has 0 aliphatic carbocycles. The lowest BCUT2D eigenvalue weighted by atomic mass is 10.4. The van der Waals surface area contributed by atoms with Gasteiger partial charge in [0.05, 0.1) is 13.2 Å². The first-order valence-corrected chi connectivity index (χ1v) is 4.26. The summed E-state index contributed by atoms with van der Waals surface area (Å²) in [5.74, 6) is -0.267. The van der Waals surface area contributed by atoms with E-state index in [0.29, 0.717) is 18.9 Å². The lowest BCUT2D eigenvalue weighted by Crippen LogP contribution is -2.05. The minimum atomic E-state index is -0.594. The smallest absolute Gasteiger partial charge is 0.397 e. The molecule has 6 heteroatoms. The predicted octanol–water partition coefficient (Wildman–Crippen LogP) is 0.435. The van der Waals surface area contributed by atoms with Crippen LogP contribution in [-0.4, -0.2) is 36.4 Å². The van der Waals surface area contributed by atoms with Crippen molar-refractivity contribution in [2.75, 3.05) is 20.3 Å². The highest BCUT2D eigenvalue weighted by Crippen LogP contribution is 2.00. The van der Waals surface area contributed by atoms with Gasteiger partial charge in [0.2, 0.25) is 0 Å². The fourth-order valence-electron chi connectivity index (χ4n) is 0.825. The summed E-state index contributed by atoms with van der Waals surface area (Å²) in [5, 5.41) is 3.59. The van der Waals surface area contributed by atoms with E-state index in [2.05, 4.69) is 19.4 Å². The number of aromatic nitrogens is 2. The number of methoxy groups -OCH3 is 1. The van der Waals surface area contributed by atoms with Gasteiger partial charge in [0.1, 0.15) is 0 Å². The SMILES string of the molecule is CCOC(=O)c1nc(CCOC)no1. The molecule has 0 unspecified atom stereocenters. The highest BCUT2D eigenvalue weighted by Gasteiger charge is 2.15. The molecule has 0 saturated carbocycles. The highest BCUT2D eigenvalue weighted by molar-refractivity contribution is 5.83. The fraction of sp³-hybridized carbons (Fsp3) is 0.625. The Morgan fingerprint density at radius 3 is 3.00 bits per heavy atom. The van der Waals surface area contributed by atoms with Crippen LogP contribution in [0, 0.1) is 0 Å². The summed E-state index contributed by atoms with van der Waals surface area (Å²) in [5.41, 5.74) is 0. The van der Waals surface area contributed by atoms with Crippen molar-refractivity contribution in [2.45, 2.75) is 13.3 Å². The molecule has 0 N–H and O–H groups in total. The highest BCUT2D eigenvalue weighted by atomic mass is 16.6. The molecule has 0 bridgehead atoms. The predicted molar refractivity (Wildman–Crippen MR) is 45.8 cm³/mol. The summed E-state index contributed by atoms with van der Waals surface area (Å²) in [6.07, 6.45) is 0.513. The molecule has 1 rings (SSSR count). The van der Waals surface area contributed by atoms with E-state index >= 15 is 0 Å². The van der Waals surface area contributed by atoms with Gasteiger partial charge < -0.3 is 14.0 Å². The molecule has 0 radical (unpaired) electrons. The zero-order valence-electron chi connectivity index (χ0n) is 8.15. The molecule has 0 spiro atoms. The minimum Gasteiger partial charge on any atom is -0.459 e. The van der Waals surface area contributed by atoms with Crippen LogP contribution in [0.4, 0.5) is 0 Å². The largest absolute Gasteiger partial charge is 0.459 e. The van der Waals surface area contributed by atoms with Crippen molar-refractivity contribution in [2.24, 2.45) is 0 Å². The molecule has 0 amide bonds. The monoisotopic (exact) mass is 200 g/mol. The summed E-state index contributed by atoms with van der Waals surface area (Å²) < 4.78 is 14.2. The maximum atomic E-state index is 11.1. The van der Waals surface area contributed by atoms with Crippen LogP contribution in [0.15, 0.2) is 4.52 Å². The molecule has 14 heavy (non-hydrogen) atoms. The van der Waals surface area contributed by atoms with E-state index < -0.39 is 5.97 Å². The normalized spacial score (nSPS) is 10.1. The van der Waals surface area contributed by atoms with Crippen molar-refractivity contribution < 1.29 is 18.8 Å². The molecule has 0 fully saturated rings. The fourth-order valence-corrected chi connectivity index (χ4v) is 0.825. The average molecular weight is 200 g/mol. The van der Waals surface area contributed by atoms with Crippen LogP contribution in [0.5, 0.6) is 0 Å². The molecule has 1 aromatic rings. The topological polar surface area (TPSA) is 74.5 Å². The van der Waals surface area contributed by atoms with Crippen LogP contribution in [-0.2, 0) is 15.9 Å². The van der Waals surface area contributed by atoms with Gasteiger partial charge in [-0.05, 0) is 6.92 Å². The lowest BCUT2D eigenvalue weighted by Gasteiger charge is -1.93. The maximum Gasteiger partial charge on any atom is 0.397 e. The van der Waals surface area contributed by atoms with Crippen molar-refractivity contribution in [3.8, 4) is 0 Å². The second-order valence-electron chi connectivity index (χ2n) is 2.48. The number of hydrogen-bond acceptors (Lipinski definition) is 6. The van der Waals surface area contributed by atoms with Crippen molar-refractivity contribution in [1.82, 2.24) is 10.1 Å². The van der Waals surface area contributed by atoms with Gasteiger partial charge in [-0.15, -0.1) is 0 Å². The van der Waals surface area contributed by atoms with Crippen LogP contribution >= 0.6 is 0 Å². The van der Waals surface area contributed by atoms with Gasteiger partial charge >= 0.3 is 11.9 Å². The maximum absolute atomic E-state index is 11.1. The summed E-state index contributed by atoms with van der Waals surface area (Å²) in [7, 11) is 1.58. The van der Waals surface area contributed by atoms with Crippen molar-refractivity contribution in [1.29, 1.82) is 0 Å². The first-order valence-electron chi connectivity index (χ1n) is 4.26. The van der Waals surface area contributed by atoms with E-state index in [1.807, 2.05) is 0 Å². The second-order valence-corrected chi connectivity index (χ2v) is 2.48. The Hall–Kier alpha value is -1.43. The summed E-state index contributed by atoms with van der Waals surface area (Å²) >= 11 is 0.